The molecule has 200 valence electrons. The van der Waals surface area contributed by atoms with Crippen LogP contribution in [0.5, 0.6) is 17.2 Å². The van der Waals surface area contributed by atoms with E-state index in [2.05, 4.69) is 10.6 Å². The molecular weight excluding hydrogens is 530 g/mol. The number of carbonyl (C=O) groups is 2. The maximum Gasteiger partial charge on any atom is 0.251 e. The van der Waals surface area contributed by atoms with E-state index >= 15 is 0 Å². The summed E-state index contributed by atoms with van der Waals surface area (Å²) in [6, 6.07) is 17.5. The van der Waals surface area contributed by atoms with Crippen molar-refractivity contribution in [2.45, 2.75) is 24.2 Å². The van der Waals surface area contributed by atoms with Gasteiger partial charge in [0.05, 0.1) is 24.2 Å². The average Bonchev–Trinajstić information content (AvgIpc) is 2.93. The zero-order chi connectivity index (χ0) is 27.1. The van der Waals surface area contributed by atoms with Crippen molar-refractivity contribution in [1.82, 2.24) is 9.62 Å². The van der Waals surface area contributed by atoms with Crippen LogP contribution in [0.2, 0.25) is 5.02 Å². The second-order valence-electron chi connectivity index (χ2n) is 8.61. The van der Waals surface area contributed by atoms with E-state index in [1.54, 1.807) is 48.5 Å². The van der Waals surface area contributed by atoms with E-state index in [0.29, 0.717) is 35.2 Å². The van der Waals surface area contributed by atoms with Gasteiger partial charge in [-0.15, -0.1) is 0 Å². The van der Waals surface area contributed by atoms with E-state index < -0.39 is 21.8 Å². The number of anilines is 1. The molecule has 2 N–H and O–H groups in total. The number of para-hydroxylation sites is 2. The summed E-state index contributed by atoms with van der Waals surface area (Å²) in [5.41, 5.74) is 0.483. The van der Waals surface area contributed by atoms with Gasteiger partial charge in [-0.05, 0) is 67.4 Å². The summed E-state index contributed by atoms with van der Waals surface area (Å²) >= 11 is 5.86. The molecule has 2 amide bonds. The number of nitrogens with one attached hydrogen (secondary N) is 2. The molecule has 0 aromatic heterocycles. The van der Waals surface area contributed by atoms with Crippen LogP contribution in [0.15, 0.2) is 71.6 Å². The van der Waals surface area contributed by atoms with Gasteiger partial charge in [-0.25, -0.2) is 8.42 Å². The second kappa shape index (κ2) is 12.3. The lowest BCUT2D eigenvalue weighted by molar-refractivity contribution is -0.115. The second-order valence-corrected chi connectivity index (χ2v) is 11.0. The number of hydrogen-bond donors (Lipinski definition) is 2. The van der Waals surface area contributed by atoms with Crippen molar-refractivity contribution in [2.75, 3.05) is 32.1 Å². The predicted octanol–water partition coefficient (Wildman–Crippen LogP) is 4.68. The Hall–Kier alpha value is -3.60. The van der Waals surface area contributed by atoms with Gasteiger partial charge in [-0.2, -0.15) is 4.31 Å². The molecule has 1 heterocycles. The molecule has 0 bridgehead atoms. The third-order valence-electron chi connectivity index (χ3n) is 5.98. The largest absolute Gasteiger partial charge is 0.493 e. The van der Waals surface area contributed by atoms with E-state index in [1.807, 2.05) is 0 Å². The molecule has 3 aromatic rings. The van der Waals surface area contributed by atoms with Crippen LogP contribution in [0.3, 0.4) is 0 Å². The van der Waals surface area contributed by atoms with Crippen molar-refractivity contribution in [2.24, 2.45) is 0 Å². The number of amides is 2. The predicted molar refractivity (Wildman–Crippen MR) is 145 cm³/mol. The number of piperidine rings is 1. The van der Waals surface area contributed by atoms with Gasteiger partial charge in [0, 0.05) is 23.7 Å². The first kappa shape index (κ1) is 27.4. The number of rotatable bonds is 9. The number of benzene rings is 3. The summed E-state index contributed by atoms with van der Waals surface area (Å²) in [5.74, 6) is 0.0381. The third kappa shape index (κ3) is 6.63. The summed E-state index contributed by atoms with van der Waals surface area (Å²) in [4.78, 5) is 25.2. The molecule has 11 heteroatoms. The van der Waals surface area contributed by atoms with Crippen LogP contribution in [0.4, 0.5) is 5.69 Å². The Labute approximate surface area is 226 Å². The number of hydrogen-bond acceptors (Lipinski definition) is 6. The summed E-state index contributed by atoms with van der Waals surface area (Å²) in [5, 5.41) is 5.70. The van der Waals surface area contributed by atoms with Crippen LogP contribution in [0.1, 0.15) is 29.6 Å². The number of nitrogens with zero attached hydrogens (tertiary/aromatic N) is 1. The molecule has 0 radical (unpaired) electrons. The molecule has 3 aromatic carbocycles. The lowest BCUT2D eigenvalue weighted by Gasteiger charge is -2.26. The maximum absolute atomic E-state index is 13.3. The smallest absolute Gasteiger partial charge is 0.251 e. The highest BCUT2D eigenvalue weighted by molar-refractivity contribution is 7.89. The van der Waals surface area contributed by atoms with Gasteiger partial charge in [0.25, 0.3) is 5.91 Å². The highest BCUT2D eigenvalue weighted by Gasteiger charge is 2.27. The van der Waals surface area contributed by atoms with E-state index in [1.165, 1.54) is 29.6 Å². The van der Waals surface area contributed by atoms with Crippen LogP contribution in [-0.2, 0) is 14.8 Å². The third-order valence-corrected chi connectivity index (χ3v) is 8.13. The fourth-order valence-corrected chi connectivity index (χ4v) is 5.66. The number of carbonyl (C=O) groups excluding carboxylic acids is 2. The SMILES string of the molecule is COc1ccccc1Oc1ccc(S(=O)(=O)N2CCCCC2)cc1NC(=O)CNC(=O)c1ccc(Cl)cc1. The molecule has 0 saturated carbocycles. The van der Waals surface area contributed by atoms with Crippen LogP contribution >= 0.6 is 11.6 Å². The summed E-state index contributed by atoms with van der Waals surface area (Å²) in [7, 11) is -2.26. The number of methoxy groups -OCH3 is 1. The van der Waals surface area contributed by atoms with Gasteiger partial charge in [-0.3, -0.25) is 9.59 Å². The lowest BCUT2D eigenvalue weighted by Crippen LogP contribution is -2.35. The van der Waals surface area contributed by atoms with Gasteiger partial charge in [0.2, 0.25) is 15.9 Å². The van der Waals surface area contributed by atoms with Gasteiger partial charge < -0.3 is 20.1 Å². The highest BCUT2D eigenvalue weighted by Crippen LogP contribution is 2.37. The molecule has 1 saturated heterocycles. The Morgan fingerprint density at radius 2 is 1.61 bits per heavy atom. The van der Waals surface area contributed by atoms with Crippen LogP contribution in [0, 0.1) is 0 Å². The lowest BCUT2D eigenvalue weighted by atomic mass is 10.2. The Balaban J connectivity index is 1.57. The Morgan fingerprint density at radius 1 is 0.921 bits per heavy atom. The molecule has 38 heavy (non-hydrogen) atoms. The molecule has 1 aliphatic rings. The Bertz CT molecular complexity index is 1410. The number of ether oxygens (including phenoxy) is 2. The fraction of sp³-hybridized carbons (Fsp3) is 0.259. The van der Waals surface area contributed by atoms with Gasteiger partial charge >= 0.3 is 0 Å². The first-order valence-electron chi connectivity index (χ1n) is 12.1. The zero-order valence-electron chi connectivity index (χ0n) is 20.8. The minimum atomic E-state index is -3.77. The zero-order valence-corrected chi connectivity index (χ0v) is 22.3. The monoisotopic (exact) mass is 557 g/mol. The van der Waals surface area contributed by atoms with Crippen LogP contribution in [0.25, 0.3) is 0 Å². The highest BCUT2D eigenvalue weighted by atomic mass is 35.5. The first-order chi connectivity index (χ1) is 18.3. The van der Waals surface area contributed by atoms with Gasteiger partial charge in [0.15, 0.2) is 17.2 Å². The first-order valence-corrected chi connectivity index (χ1v) is 13.9. The number of sulfonamides is 1. The van der Waals surface area contributed by atoms with Gasteiger partial charge in [0.1, 0.15) is 0 Å². The van der Waals surface area contributed by atoms with Crippen molar-refractivity contribution in [3.8, 4) is 17.2 Å². The van der Waals surface area contributed by atoms with E-state index in [9.17, 15) is 18.0 Å². The Morgan fingerprint density at radius 3 is 2.29 bits per heavy atom. The minimum absolute atomic E-state index is 0.0345. The minimum Gasteiger partial charge on any atom is -0.493 e. The maximum atomic E-state index is 13.3. The molecule has 0 spiro atoms. The van der Waals surface area contributed by atoms with Crippen molar-refractivity contribution < 1.29 is 27.5 Å². The summed E-state index contributed by atoms with van der Waals surface area (Å²) in [6.45, 7) is 0.541. The molecule has 0 unspecified atom stereocenters. The fourth-order valence-electron chi connectivity index (χ4n) is 3.99. The standard InChI is InChI=1S/C27H28ClN3O6S/c1-36-24-7-3-4-8-25(24)37-23-14-13-21(38(34,35)31-15-5-2-6-16-31)17-22(23)30-26(32)18-29-27(33)19-9-11-20(28)12-10-19/h3-4,7-14,17H,2,5-6,15-16,18H2,1H3,(H,29,33)(H,30,32). The van der Waals surface area contributed by atoms with Crippen LogP contribution in [-0.4, -0.2) is 51.3 Å². The van der Waals surface area contributed by atoms with Crippen molar-refractivity contribution >= 4 is 39.1 Å². The average molecular weight is 558 g/mol. The summed E-state index contributed by atoms with van der Waals surface area (Å²) in [6.07, 6.45) is 2.58. The molecule has 1 fully saturated rings. The summed E-state index contributed by atoms with van der Waals surface area (Å²) < 4.78 is 39.3. The van der Waals surface area contributed by atoms with Crippen LogP contribution < -0.4 is 20.1 Å². The normalized spacial score (nSPS) is 13.9. The number of halogens is 1. The molecular formula is C27H28ClN3O6S. The Kier molecular flexibility index (Phi) is 8.88. The van der Waals surface area contributed by atoms with Crippen molar-refractivity contribution in [1.29, 1.82) is 0 Å². The quantitative estimate of drug-likeness (QED) is 0.395. The molecule has 1 aliphatic heterocycles. The van der Waals surface area contributed by atoms with E-state index in [4.69, 9.17) is 21.1 Å². The topological polar surface area (TPSA) is 114 Å². The van der Waals surface area contributed by atoms with Crippen molar-refractivity contribution in [3.05, 3.63) is 77.3 Å². The molecule has 9 nitrogen and oxygen atoms in total. The van der Waals surface area contributed by atoms with Crippen molar-refractivity contribution in [3.63, 3.8) is 0 Å². The molecule has 0 atom stereocenters. The van der Waals surface area contributed by atoms with E-state index in [0.717, 1.165) is 19.3 Å². The molecule has 0 aliphatic carbocycles. The molecule has 4 rings (SSSR count). The van der Waals surface area contributed by atoms with Gasteiger partial charge in [-0.1, -0.05) is 30.2 Å². The van der Waals surface area contributed by atoms with E-state index in [-0.39, 0.29) is 22.9 Å².